The molecule has 2 aromatic rings. The Hall–Kier alpha value is -1.24. The van der Waals surface area contributed by atoms with Crippen LogP contribution < -0.4 is 4.90 Å². The van der Waals surface area contributed by atoms with E-state index in [-0.39, 0.29) is 16.6 Å². The molecule has 0 radical (unpaired) electrons. The van der Waals surface area contributed by atoms with Gasteiger partial charge in [-0.1, -0.05) is 11.6 Å². The molecule has 0 spiro atoms. The summed E-state index contributed by atoms with van der Waals surface area (Å²) in [5.74, 6) is -1.79. The van der Waals surface area contributed by atoms with Gasteiger partial charge in [-0.05, 0) is 40.2 Å². The second-order valence-corrected chi connectivity index (χ2v) is 6.86. The Balaban J connectivity index is 2.03. The Kier molecular flexibility index (Phi) is 3.40. The van der Waals surface area contributed by atoms with E-state index in [0.717, 1.165) is 4.88 Å². The quantitative estimate of drug-likeness (QED) is 0.744. The highest BCUT2D eigenvalue weighted by atomic mass is 79.9. The highest BCUT2D eigenvalue weighted by Crippen LogP contribution is 2.35. The van der Waals surface area contributed by atoms with Crippen molar-refractivity contribution in [3.05, 3.63) is 49.3 Å². The van der Waals surface area contributed by atoms with Crippen LogP contribution in [-0.4, -0.2) is 11.7 Å². The third-order valence-corrected chi connectivity index (χ3v) is 4.78. The maximum Gasteiger partial charge on any atom is 0.299 e. The number of rotatable bonds is 2. The molecular formula is C13H6BrClFNO2S. The molecule has 2 heterocycles. The number of anilines is 1. The van der Waals surface area contributed by atoms with Crippen LogP contribution in [0, 0.1) is 5.82 Å². The summed E-state index contributed by atoms with van der Waals surface area (Å²) in [6.07, 6.45) is 0. The lowest BCUT2D eigenvalue weighted by Gasteiger charge is -2.15. The van der Waals surface area contributed by atoms with Crippen molar-refractivity contribution in [2.75, 3.05) is 4.90 Å². The van der Waals surface area contributed by atoms with Crippen molar-refractivity contribution in [1.29, 1.82) is 0 Å². The smallest absolute Gasteiger partial charge is 0.299 e. The topological polar surface area (TPSA) is 37.4 Å². The molecule has 102 valence electrons. The van der Waals surface area contributed by atoms with E-state index in [1.54, 1.807) is 12.1 Å². The van der Waals surface area contributed by atoms with Crippen molar-refractivity contribution in [3.8, 4) is 0 Å². The first-order chi connectivity index (χ1) is 9.47. The number of carbonyl (C=O) groups is 2. The molecule has 0 atom stereocenters. The van der Waals surface area contributed by atoms with Gasteiger partial charge in [0.05, 0.1) is 26.6 Å². The predicted molar refractivity (Wildman–Crippen MR) is 78.9 cm³/mol. The summed E-state index contributed by atoms with van der Waals surface area (Å²) in [7, 11) is 0. The van der Waals surface area contributed by atoms with E-state index in [9.17, 15) is 14.0 Å². The summed E-state index contributed by atoms with van der Waals surface area (Å²) in [4.78, 5) is 26.0. The largest absolute Gasteiger partial charge is 0.299 e. The first kappa shape index (κ1) is 13.7. The van der Waals surface area contributed by atoms with Crippen LogP contribution in [0.5, 0.6) is 0 Å². The SMILES string of the molecule is O=C1C(=O)N(Cc2ccc(Cl)s2)c2cc(F)c(Br)cc21. The van der Waals surface area contributed by atoms with Crippen LogP contribution in [0.1, 0.15) is 15.2 Å². The molecule has 0 bridgehead atoms. The van der Waals surface area contributed by atoms with E-state index in [4.69, 9.17) is 11.6 Å². The molecule has 0 saturated heterocycles. The summed E-state index contributed by atoms with van der Waals surface area (Å²) in [6, 6.07) is 6.02. The average molecular weight is 375 g/mol. The highest BCUT2D eigenvalue weighted by molar-refractivity contribution is 9.10. The minimum absolute atomic E-state index is 0.165. The second-order valence-electron chi connectivity index (χ2n) is 4.21. The first-order valence-corrected chi connectivity index (χ1v) is 7.55. The Morgan fingerprint density at radius 3 is 2.70 bits per heavy atom. The van der Waals surface area contributed by atoms with Crippen molar-refractivity contribution in [2.24, 2.45) is 0 Å². The van der Waals surface area contributed by atoms with Gasteiger partial charge in [0.1, 0.15) is 5.82 Å². The number of ketones is 1. The molecule has 0 N–H and O–H groups in total. The summed E-state index contributed by atoms with van der Waals surface area (Å²) in [5.41, 5.74) is 0.510. The first-order valence-electron chi connectivity index (χ1n) is 5.57. The van der Waals surface area contributed by atoms with Gasteiger partial charge in [-0.25, -0.2) is 4.39 Å². The number of fused-ring (bicyclic) bond motifs is 1. The molecule has 0 fully saturated rings. The van der Waals surface area contributed by atoms with Crippen LogP contribution in [0.3, 0.4) is 0 Å². The third-order valence-electron chi connectivity index (χ3n) is 2.96. The zero-order valence-electron chi connectivity index (χ0n) is 9.82. The number of hydrogen-bond donors (Lipinski definition) is 0. The monoisotopic (exact) mass is 373 g/mol. The molecule has 0 unspecified atom stereocenters. The number of Topliss-reactive ketones (excluding diaryl/α,β-unsaturated/α-hetero) is 1. The van der Waals surface area contributed by atoms with Crippen LogP contribution in [0.4, 0.5) is 10.1 Å². The molecular weight excluding hydrogens is 369 g/mol. The fourth-order valence-electron chi connectivity index (χ4n) is 2.04. The van der Waals surface area contributed by atoms with Gasteiger partial charge in [0.15, 0.2) is 0 Å². The number of nitrogens with zero attached hydrogens (tertiary/aromatic N) is 1. The van der Waals surface area contributed by atoms with Crippen LogP contribution in [0.25, 0.3) is 0 Å². The summed E-state index contributed by atoms with van der Waals surface area (Å²) < 4.78 is 14.4. The van der Waals surface area contributed by atoms with Crippen molar-refractivity contribution in [1.82, 2.24) is 0 Å². The molecule has 1 aliphatic heterocycles. The number of thiophene rings is 1. The van der Waals surface area contributed by atoms with Crippen LogP contribution in [0.15, 0.2) is 28.7 Å². The molecule has 0 saturated carbocycles. The number of hydrogen-bond acceptors (Lipinski definition) is 3. The van der Waals surface area contributed by atoms with Gasteiger partial charge in [-0.3, -0.25) is 14.5 Å². The zero-order chi connectivity index (χ0) is 14.4. The van der Waals surface area contributed by atoms with Crippen molar-refractivity contribution in [3.63, 3.8) is 0 Å². The number of amides is 1. The predicted octanol–water partition coefficient (Wildman–Crippen LogP) is 4.03. The minimum atomic E-state index is -0.651. The van der Waals surface area contributed by atoms with Crippen LogP contribution in [0.2, 0.25) is 4.34 Å². The maximum atomic E-state index is 13.6. The minimum Gasteiger partial charge on any atom is -0.299 e. The van der Waals surface area contributed by atoms with E-state index in [1.165, 1.54) is 28.4 Å². The average Bonchev–Trinajstić information content (AvgIpc) is 2.90. The standard InChI is InChI=1S/C13H6BrClFNO2S/c14-8-3-7-10(4-9(8)16)17(13(19)12(7)18)5-6-1-2-11(15)20-6/h1-4H,5H2. The van der Waals surface area contributed by atoms with Crippen molar-refractivity contribution >= 4 is 56.2 Å². The second kappa shape index (κ2) is 4.95. The lowest BCUT2D eigenvalue weighted by atomic mass is 10.1. The molecule has 3 rings (SSSR count). The van der Waals surface area contributed by atoms with Gasteiger partial charge < -0.3 is 0 Å². The van der Waals surface area contributed by atoms with Crippen molar-refractivity contribution < 1.29 is 14.0 Å². The van der Waals surface area contributed by atoms with Gasteiger partial charge in [0.25, 0.3) is 11.7 Å². The van der Waals surface area contributed by atoms with E-state index < -0.39 is 17.5 Å². The molecule has 20 heavy (non-hydrogen) atoms. The number of halogens is 3. The Morgan fingerprint density at radius 1 is 1.30 bits per heavy atom. The highest BCUT2D eigenvalue weighted by Gasteiger charge is 2.36. The van der Waals surface area contributed by atoms with E-state index in [1.807, 2.05) is 0 Å². The number of carbonyl (C=O) groups excluding carboxylic acids is 2. The third kappa shape index (κ3) is 2.17. The maximum absolute atomic E-state index is 13.6. The van der Waals surface area contributed by atoms with Gasteiger partial charge in [0.2, 0.25) is 0 Å². The van der Waals surface area contributed by atoms with Crippen LogP contribution >= 0.6 is 38.9 Å². The molecule has 1 aliphatic rings. The molecule has 1 aromatic carbocycles. The van der Waals surface area contributed by atoms with Crippen molar-refractivity contribution in [2.45, 2.75) is 6.54 Å². The summed E-state index contributed by atoms with van der Waals surface area (Å²) >= 11 is 10.2. The van der Waals surface area contributed by atoms with E-state index in [0.29, 0.717) is 10.0 Å². The van der Waals surface area contributed by atoms with Gasteiger partial charge in [-0.2, -0.15) is 0 Å². The van der Waals surface area contributed by atoms with E-state index >= 15 is 0 Å². The fourth-order valence-corrected chi connectivity index (χ4v) is 3.46. The normalized spacial score (nSPS) is 14.1. The lowest BCUT2D eigenvalue weighted by Crippen LogP contribution is -2.28. The fraction of sp³-hybridized carbons (Fsp3) is 0.0769. The Labute approximate surface area is 131 Å². The zero-order valence-corrected chi connectivity index (χ0v) is 13.0. The summed E-state index contributed by atoms with van der Waals surface area (Å²) in [5, 5.41) is 0. The Morgan fingerprint density at radius 2 is 2.05 bits per heavy atom. The molecule has 3 nitrogen and oxygen atoms in total. The number of benzene rings is 1. The Bertz CT molecular complexity index is 746. The lowest BCUT2D eigenvalue weighted by molar-refractivity contribution is -0.114. The summed E-state index contributed by atoms with van der Waals surface area (Å²) in [6.45, 7) is 0.204. The molecule has 1 aromatic heterocycles. The molecule has 1 amide bonds. The van der Waals surface area contributed by atoms with Gasteiger partial charge in [-0.15, -0.1) is 11.3 Å². The van der Waals surface area contributed by atoms with Crippen LogP contribution in [-0.2, 0) is 11.3 Å². The van der Waals surface area contributed by atoms with Gasteiger partial charge >= 0.3 is 0 Å². The molecule has 0 aliphatic carbocycles. The van der Waals surface area contributed by atoms with Gasteiger partial charge in [0, 0.05) is 4.88 Å². The van der Waals surface area contributed by atoms with E-state index in [2.05, 4.69) is 15.9 Å². The molecule has 7 heteroatoms.